The monoisotopic (exact) mass is 332 g/mol. The summed E-state index contributed by atoms with van der Waals surface area (Å²) in [4.78, 5) is 12.3. The lowest BCUT2D eigenvalue weighted by molar-refractivity contribution is -0.128. The van der Waals surface area contributed by atoms with Gasteiger partial charge in [0.25, 0.3) is 0 Å². The van der Waals surface area contributed by atoms with Crippen LogP contribution in [0.5, 0.6) is 5.75 Å². The van der Waals surface area contributed by atoms with Crippen molar-refractivity contribution in [1.82, 2.24) is 10.6 Å². The van der Waals surface area contributed by atoms with Crippen LogP contribution in [0, 0.1) is 19.8 Å². The molecule has 0 aromatic heterocycles. The summed E-state index contributed by atoms with van der Waals surface area (Å²) < 4.78 is 11.5. The number of benzene rings is 1. The van der Waals surface area contributed by atoms with Gasteiger partial charge in [0, 0.05) is 18.5 Å². The van der Waals surface area contributed by atoms with Gasteiger partial charge in [0.15, 0.2) is 0 Å². The van der Waals surface area contributed by atoms with E-state index in [0.29, 0.717) is 19.2 Å². The van der Waals surface area contributed by atoms with Crippen molar-refractivity contribution < 1.29 is 14.3 Å². The maximum Gasteiger partial charge on any atom is 0.223 e. The number of fused-ring (bicyclic) bond motifs is 1. The molecule has 0 radical (unpaired) electrons. The van der Waals surface area contributed by atoms with Crippen LogP contribution in [0.3, 0.4) is 0 Å². The van der Waals surface area contributed by atoms with E-state index in [1.807, 2.05) is 12.1 Å². The van der Waals surface area contributed by atoms with E-state index < -0.39 is 0 Å². The minimum Gasteiger partial charge on any atom is -0.492 e. The lowest BCUT2D eigenvalue weighted by atomic mass is 9.82. The maximum atomic E-state index is 12.3. The number of nitrogens with one attached hydrogen (secondary N) is 2. The molecule has 2 aliphatic rings. The quantitative estimate of drug-likeness (QED) is 0.809. The van der Waals surface area contributed by atoms with Crippen molar-refractivity contribution in [3.8, 4) is 5.75 Å². The van der Waals surface area contributed by atoms with E-state index in [1.165, 1.54) is 11.1 Å². The van der Waals surface area contributed by atoms with Gasteiger partial charge >= 0.3 is 0 Å². The van der Waals surface area contributed by atoms with Crippen molar-refractivity contribution in [2.24, 2.45) is 5.92 Å². The van der Waals surface area contributed by atoms with Crippen LogP contribution >= 0.6 is 0 Å². The lowest BCUT2D eigenvalue weighted by Gasteiger charge is -2.39. The number of carbonyl (C=O) groups excluding carboxylic acids is 1. The van der Waals surface area contributed by atoms with Crippen LogP contribution in [0.15, 0.2) is 18.2 Å². The third-order valence-electron chi connectivity index (χ3n) is 5.15. The van der Waals surface area contributed by atoms with Crippen molar-refractivity contribution in [1.29, 1.82) is 0 Å². The first-order valence-electron chi connectivity index (χ1n) is 8.96. The third-order valence-corrected chi connectivity index (χ3v) is 5.15. The summed E-state index contributed by atoms with van der Waals surface area (Å²) in [6.07, 6.45) is 3.03. The van der Waals surface area contributed by atoms with Crippen LogP contribution in [0.25, 0.3) is 0 Å². The zero-order chi connectivity index (χ0) is 16.9. The molecule has 2 fully saturated rings. The molecule has 3 rings (SSSR count). The first kappa shape index (κ1) is 17.2. The van der Waals surface area contributed by atoms with E-state index in [9.17, 15) is 4.79 Å². The Balaban J connectivity index is 1.38. The van der Waals surface area contributed by atoms with Gasteiger partial charge in [-0.05, 0) is 56.4 Å². The van der Waals surface area contributed by atoms with Gasteiger partial charge < -0.3 is 20.1 Å². The average Bonchev–Trinajstić information content (AvgIpc) is 2.61. The highest BCUT2D eigenvalue weighted by Gasteiger charge is 2.35. The normalized spacial score (nSPS) is 26.5. The fourth-order valence-corrected chi connectivity index (χ4v) is 3.54. The molecule has 1 aliphatic heterocycles. The van der Waals surface area contributed by atoms with E-state index in [-0.39, 0.29) is 17.9 Å². The second kappa shape index (κ2) is 7.99. The zero-order valence-corrected chi connectivity index (χ0v) is 14.6. The topological polar surface area (TPSA) is 59.6 Å². The predicted octanol–water partition coefficient (Wildman–Crippen LogP) is 1.96. The Morgan fingerprint density at radius 2 is 2.21 bits per heavy atom. The highest BCUT2D eigenvalue weighted by Crippen LogP contribution is 2.28. The highest BCUT2D eigenvalue weighted by molar-refractivity contribution is 5.78. The molecule has 0 unspecified atom stereocenters. The molecule has 1 aromatic carbocycles. The van der Waals surface area contributed by atoms with Gasteiger partial charge in [0.1, 0.15) is 12.4 Å². The van der Waals surface area contributed by atoms with Crippen molar-refractivity contribution >= 4 is 5.91 Å². The van der Waals surface area contributed by atoms with Crippen molar-refractivity contribution in [2.75, 3.05) is 26.3 Å². The highest BCUT2D eigenvalue weighted by atomic mass is 16.5. The largest absolute Gasteiger partial charge is 0.492 e. The number of morpholine rings is 1. The van der Waals surface area contributed by atoms with E-state index in [1.54, 1.807) is 0 Å². The minimum atomic E-state index is 0.0852. The Hall–Kier alpha value is -1.59. The summed E-state index contributed by atoms with van der Waals surface area (Å²) in [5, 5.41) is 6.49. The van der Waals surface area contributed by atoms with Gasteiger partial charge in [-0.3, -0.25) is 4.79 Å². The van der Waals surface area contributed by atoms with E-state index >= 15 is 0 Å². The molecule has 5 nitrogen and oxygen atoms in total. The van der Waals surface area contributed by atoms with Gasteiger partial charge in [-0.2, -0.15) is 0 Å². The predicted molar refractivity (Wildman–Crippen MR) is 93.3 cm³/mol. The number of aryl methyl sites for hydroxylation is 2. The molecule has 1 heterocycles. The Morgan fingerprint density at radius 3 is 3.04 bits per heavy atom. The molecular formula is C19H28N2O3. The molecule has 5 heteroatoms. The van der Waals surface area contributed by atoms with Crippen molar-refractivity contribution in [2.45, 2.75) is 45.3 Å². The molecule has 2 N–H and O–H groups in total. The smallest absolute Gasteiger partial charge is 0.223 e. The molecule has 3 atom stereocenters. The van der Waals surface area contributed by atoms with Gasteiger partial charge in [-0.15, -0.1) is 0 Å². The van der Waals surface area contributed by atoms with Gasteiger partial charge in [0.05, 0.1) is 19.3 Å². The number of rotatable bonds is 5. The van der Waals surface area contributed by atoms with Gasteiger partial charge in [0.2, 0.25) is 5.91 Å². The summed E-state index contributed by atoms with van der Waals surface area (Å²) in [5.41, 5.74) is 2.47. The molecule has 132 valence electrons. The Bertz CT molecular complexity index is 576. The summed E-state index contributed by atoms with van der Waals surface area (Å²) in [6.45, 7) is 6.87. The minimum absolute atomic E-state index is 0.0852. The van der Waals surface area contributed by atoms with Gasteiger partial charge in [-0.25, -0.2) is 0 Å². The maximum absolute atomic E-state index is 12.3. The lowest BCUT2D eigenvalue weighted by Crippen LogP contribution is -2.53. The SMILES string of the molecule is Cc1ccc(OCCNC(=O)[C@H]2CC[C@H]3OCCN[C@@H]3C2)cc1C. The van der Waals surface area contributed by atoms with Crippen LogP contribution in [-0.4, -0.2) is 44.4 Å². The summed E-state index contributed by atoms with van der Waals surface area (Å²) in [7, 11) is 0. The van der Waals surface area contributed by atoms with Crippen LogP contribution in [-0.2, 0) is 9.53 Å². The molecule has 1 aromatic rings. The number of hydrogen-bond donors (Lipinski definition) is 2. The number of amides is 1. The Labute approximate surface area is 144 Å². The molecule has 1 aliphatic carbocycles. The van der Waals surface area contributed by atoms with E-state index in [2.05, 4.69) is 30.5 Å². The summed E-state index contributed by atoms with van der Waals surface area (Å²) >= 11 is 0. The van der Waals surface area contributed by atoms with Crippen LogP contribution in [0.4, 0.5) is 0 Å². The van der Waals surface area contributed by atoms with Crippen molar-refractivity contribution in [3.05, 3.63) is 29.3 Å². The standard InChI is InChI=1S/C19H28N2O3/c1-13-3-5-16(11-14(13)2)23-9-8-21-19(22)15-4-6-18-17(12-15)20-7-10-24-18/h3,5,11,15,17-18,20H,4,6-10,12H2,1-2H3,(H,21,22)/t15-,17+,18+/m0/s1. The number of carbonyl (C=O) groups is 1. The van der Waals surface area contributed by atoms with E-state index in [0.717, 1.165) is 38.2 Å². The number of hydrogen-bond acceptors (Lipinski definition) is 4. The van der Waals surface area contributed by atoms with E-state index in [4.69, 9.17) is 9.47 Å². The number of ether oxygens (including phenoxy) is 2. The molecular weight excluding hydrogens is 304 g/mol. The molecule has 1 amide bonds. The first-order chi connectivity index (χ1) is 11.6. The van der Waals surface area contributed by atoms with Crippen molar-refractivity contribution in [3.63, 3.8) is 0 Å². The second-order valence-corrected chi connectivity index (χ2v) is 6.87. The molecule has 1 saturated carbocycles. The summed E-state index contributed by atoms with van der Waals surface area (Å²) in [6, 6.07) is 6.39. The van der Waals surface area contributed by atoms with Crippen LogP contribution in [0.2, 0.25) is 0 Å². The molecule has 0 spiro atoms. The average molecular weight is 332 g/mol. The first-order valence-corrected chi connectivity index (χ1v) is 8.96. The van der Waals surface area contributed by atoms with Crippen LogP contribution < -0.4 is 15.4 Å². The molecule has 1 saturated heterocycles. The van der Waals surface area contributed by atoms with Crippen LogP contribution in [0.1, 0.15) is 30.4 Å². The third kappa shape index (κ3) is 4.28. The fourth-order valence-electron chi connectivity index (χ4n) is 3.54. The Morgan fingerprint density at radius 1 is 1.33 bits per heavy atom. The van der Waals surface area contributed by atoms with Gasteiger partial charge in [-0.1, -0.05) is 6.07 Å². The second-order valence-electron chi connectivity index (χ2n) is 6.87. The summed E-state index contributed by atoms with van der Waals surface area (Å²) in [5.74, 6) is 1.09. The Kier molecular flexibility index (Phi) is 5.74. The fraction of sp³-hybridized carbons (Fsp3) is 0.632. The molecule has 0 bridgehead atoms. The zero-order valence-electron chi connectivity index (χ0n) is 14.6. The molecule has 24 heavy (non-hydrogen) atoms.